The van der Waals surface area contributed by atoms with E-state index in [2.05, 4.69) is 13.8 Å². The van der Waals surface area contributed by atoms with Gasteiger partial charge < -0.3 is 9.47 Å². The van der Waals surface area contributed by atoms with Gasteiger partial charge in [-0.15, -0.1) is 0 Å². The van der Waals surface area contributed by atoms with Gasteiger partial charge in [0, 0.05) is 5.56 Å². The van der Waals surface area contributed by atoms with E-state index in [1.807, 2.05) is 39.0 Å². The second-order valence-corrected chi connectivity index (χ2v) is 5.03. The van der Waals surface area contributed by atoms with Gasteiger partial charge in [-0.05, 0) is 32.4 Å². The van der Waals surface area contributed by atoms with Crippen molar-refractivity contribution in [1.82, 2.24) is 0 Å². The Morgan fingerprint density at radius 1 is 1.21 bits per heavy atom. The molecule has 1 aromatic carbocycles. The number of benzene rings is 1. The molecule has 0 aliphatic heterocycles. The van der Waals surface area contributed by atoms with E-state index >= 15 is 0 Å². The summed E-state index contributed by atoms with van der Waals surface area (Å²) in [6.07, 6.45) is 1.25. The van der Waals surface area contributed by atoms with E-state index < -0.39 is 5.41 Å². The number of carbonyl (C=O) groups is 1. The minimum absolute atomic E-state index is 0.269. The van der Waals surface area contributed by atoms with Gasteiger partial charge in [-0.25, -0.2) is 0 Å². The third kappa shape index (κ3) is 4.58. The molecule has 0 aliphatic rings. The first-order valence-corrected chi connectivity index (χ1v) is 6.58. The molecule has 0 fully saturated rings. The Hall–Kier alpha value is -1.51. The second kappa shape index (κ2) is 7.82. The molecule has 0 bridgehead atoms. The highest BCUT2D eigenvalue weighted by molar-refractivity contribution is 5.83. The van der Waals surface area contributed by atoms with Gasteiger partial charge in [0.2, 0.25) is 0 Å². The summed E-state index contributed by atoms with van der Waals surface area (Å²) in [5.41, 5.74) is 1.24. The molecule has 0 radical (unpaired) electrons. The summed E-state index contributed by atoms with van der Waals surface area (Å²) in [6, 6.07) is 5.79. The van der Waals surface area contributed by atoms with E-state index in [4.69, 9.17) is 9.47 Å². The summed E-state index contributed by atoms with van der Waals surface area (Å²) in [6.45, 7) is 9.88. The Morgan fingerprint density at radius 3 is 2.16 bits per heavy atom. The fraction of sp³-hybridized carbons (Fsp3) is 0.562. The van der Waals surface area contributed by atoms with Crippen LogP contribution >= 0.6 is 0 Å². The highest BCUT2D eigenvalue weighted by atomic mass is 16.5. The number of hydrogen-bond acceptors (Lipinski definition) is 3. The van der Waals surface area contributed by atoms with Crippen molar-refractivity contribution in [2.45, 2.75) is 46.5 Å². The van der Waals surface area contributed by atoms with Gasteiger partial charge in [-0.1, -0.05) is 32.4 Å². The third-order valence-electron chi connectivity index (χ3n) is 2.73. The average molecular weight is 266 g/mol. The molecule has 19 heavy (non-hydrogen) atoms. The van der Waals surface area contributed by atoms with Crippen LogP contribution in [0.2, 0.25) is 0 Å². The fourth-order valence-electron chi connectivity index (χ4n) is 1.68. The highest BCUT2D eigenvalue weighted by Gasteiger charge is 2.33. The van der Waals surface area contributed by atoms with Crippen LogP contribution in [0, 0.1) is 6.92 Å². The summed E-state index contributed by atoms with van der Waals surface area (Å²) in [4.78, 5) is 11.7. The lowest BCUT2D eigenvalue weighted by atomic mass is 9.83. The highest BCUT2D eigenvalue weighted by Crippen LogP contribution is 2.33. The van der Waals surface area contributed by atoms with Crippen molar-refractivity contribution in [3.05, 3.63) is 29.3 Å². The predicted molar refractivity (Wildman–Crippen MR) is 78.7 cm³/mol. The first kappa shape index (κ1) is 17.5. The molecule has 3 heteroatoms. The van der Waals surface area contributed by atoms with Crippen LogP contribution in [0.25, 0.3) is 0 Å². The molecule has 0 unspecified atom stereocenters. The third-order valence-corrected chi connectivity index (χ3v) is 2.73. The maximum absolute atomic E-state index is 11.7. The fourth-order valence-corrected chi connectivity index (χ4v) is 1.68. The smallest absolute Gasteiger partial charge is 0.315 e. The van der Waals surface area contributed by atoms with Gasteiger partial charge in [-0.3, -0.25) is 4.79 Å². The quantitative estimate of drug-likeness (QED) is 0.779. The molecule has 0 amide bonds. The van der Waals surface area contributed by atoms with Gasteiger partial charge in [0.25, 0.3) is 0 Å². The van der Waals surface area contributed by atoms with E-state index in [0.717, 1.165) is 16.9 Å². The SMILES string of the molecule is CCC.COC(=O)C(C)(C)c1ccc(C)cc1OC. The zero-order chi connectivity index (χ0) is 15.1. The van der Waals surface area contributed by atoms with Gasteiger partial charge >= 0.3 is 5.97 Å². The minimum atomic E-state index is -0.701. The standard InChI is InChI=1S/C13H18O3.C3H8/c1-9-6-7-10(11(8-9)15-4)13(2,3)12(14)16-5;1-3-2/h6-8H,1-5H3;3H2,1-2H3. The van der Waals surface area contributed by atoms with Crippen LogP contribution in [-0.4, -0.2) is 20.2 Å². The van der Waals surface area contributed by atoms with Crippen LogP contribution < -0.4 is 4.74 Å². The van der Waals surface area contributed by atoms with Gasteiger partial charge in [0.05, 0.1) is 19.6 Å². The molecule has 0 spiro atoms. The first-order chi connectivity index (χ1) is 8.84. The van der Waals surface area contributed by atoms with Gasteiger partial charge in [0.1, 0.15) is 5.75 Å². The molecule has 3 nitrogen and oxygen atoms in total. The molecule has 0 N–H and O–H groups in total. The van der Waals surface area contributed by atoms with Crippen LogP contribution in [0.5, 0.6) is 5.75 Å². The molecule has 1 aromatic rings. The maximum atomic E-state index is 11.7. The molecule has 0 aromatic heterocycles. The van der Waals surface area contributed by atoms with E-state index in [1.54, 1.807) is 7.11 Å². The van der Waals surface area contributed by atoms with Gasteiger partial charge in [-0.2, -0.15) is 0 Å². The topological polar surface area (TPSA) is 35.5 Å². The molecule has 0 saturated carbocycles. The van der Waals surface area contributed by atoms with Crippen LogP contribution in [-0.2, 0) is 14.9 Å². The minimum Gasteiger partial charge on any atom is -0.496 e. The number of methoxy groups -OCH3 is 2. The monoisotopic (exact) mass is 266 g/mol. The number of esters is 1. The molecule has 0 saturated heterocycles. The lowest BCUT2D eigenvalue weighted by Crippen LogP contribution is -2.30. The molecule has 0 heterocycles. The van der Waals surface area contributed by atoms with E-state index in [0.29, 0.717) is 0 Å². The van der Waals surface area contributed by atoms with Crippen LogP contribution in [0.1, 0.15) is 45.2 Å². The summed E-state index contributed by atoms with van der Waals surface area (Å²) in [5.74, 6) is 0.449. The van der Waals surface area contributed by atoms with Crippen molar-refractivity contribution in [1.29, 1.82) is 0 Å². The zero-order valence-electron chi connectivity index (χ0n) is 13.2. The van der Waals surface area contributed by atoms with Crippen molar-refractivity contribution in [2.75, 3.05) is 14.2 Å². The molecule has 108 valence electrons. The molecule has 0 aliphatic carbocycles. The van der Waals surface area contributed by atoms with Crippen LogP contribution in [0.4, 0.5) is 0 Å². The lowest BCUT2D eigenvalue weighted by molar-refractivity contribution is -0.146. The molecule has 1 rings (SSSR count). The Labute approximate surface area is 116 Å². The first-order valence-electron chi connectivity index (χ1n) is 6.58. The Morgan fingerprint density at radius 2 is 1.74 bits per heavy atom. The zero-order valence-corrected chi connectivity index (χ0v) is 13.2. The lowest BCUT2D eigenvalue weighted by Gasteiger charge is -2.24. The van der Waals surface area contributed by atoms with Crippen molar-refractivity contribution < 1.29 is 14.3 Å². The molecule has 0 atom stereocenters. The predicted octanol–water partition coefficient (Wildman–Crippen LogP) is 3.87. The van der Waals surface area contributed by atoms with Crippen molar-refractivity contribution in [2.24, 2.45) is 0 Å². The van der Waals surface area contributed by atoms with Crippen molar-refractivity contribution in [3.63, 3.8) is 0 Å². The van der Waals surface area contributed by atoms with Crippen LogP contribution in [0.15, 0.2) is 18.2 Å². The summed E-state index contributed by atoms with van der Waals surface area (Å²) >= 11 is 0. The Balaban J connectivity index is 0.000000982. The van der Waals surface area contributed by atoms with E-state index in [-0.39, 0.29) is 5.97 Å². The Bertz CT molecular complexity index is 408. The number of carbonyl (C=O) groups excluding carboxylic acids is 1. The van der Waals surface area contributed by atoms with E-state index in [1.165, 1.54) is 13.5 Å². The van der Waals surface area contributed by atoms with Crippen molar-refractivity contribution >= 4 is 5.97 Å². The summed E-state index contributed by atoms with van der Waals surface area (Å²) < 4.78 is 10.1. The number of rotatable bonds is 3. The summed E-state index contributed by atoms with van der Waals surface area (Å²) in [7, 11) is 3.00. The second-order valence-electron chi connectivity index (χ2n) is 5.03. The maximum Gasteiger partial charge on any atom is 0.315 e. The Kier molecular flexibility index (Phi) is 7.20. The number of hydrogen-bond donors (Lipinski definition) is 0. The normalized spacial score (nSPS) is 10.3. The van der Waals surface area contributed by atoms with Crippen LogP contribution in [0.3, 0.4) is 0 Å². The molecular formula is C16H26O3. The van der Waals surface area contributed by atoms with Gasteiger partial charge in [0.15, 0.2) is 0 Å². The van der Waals surface area contributed by atoms with E-state index in [9.17, 15) is 4.79 Å². The largest absolute Gasteiger partial charge is 0.496 e. The molecular weight excluding hydrogens is 240 g/mol. The number of aryl methyl sites for hydroxylation is 1. The summed E-state index contributed by atoms with van der Waals surface area (Å²) in [5, 5.41) is 0. The number of ether oxygens (including phenoxy) is 2. The van der Waals surface area contributed by atoms with Crippen molar-refractivity contribution in [3.8, 4) is 5.75 Å². The average Bonchev–Trinajstić information content (AvgIpc) is 2.38.